The smallest absolute Gasteiger partial charge is 0.0543 e. The van der Waals surface area contributed by atoms with Crippen molar-refractivity contribution in [3.05, 3.63) is 23.8 Å². The summed E-state index contributed by atoms with van der Waals surface area (Å²) < 4.78 is 0. The summed E-state index contributed by atoms with van der Waals surface area (Å²) in [4.78, 5) is 0. The van der Waals surface area contributed by atoms with E-state index in [1.165, 1.54) is 44.9 Å². The van der Waals surface area contributed by atoms with E-state index in [9.17, 15) is 5.11 Å². The number of aliphatic hydroxyl groups excluding tert-OH is 1. The molecule has 0 radical (unpaired) electrons. The molecule has 3 fully saturated rings. The van der Waals surface area contributed by atoms with Crippen LogP contribution in [0.4, 0.5) is 0 Å². The van der Waals surface area contributed by atoms with Crippen molar-refractivity contribution in [2.45, 2.75) is 105 Å². The van der Waals surface area contributed by atoms with Gasteiger partial charge in [0.15, 0.2) is 0 Å². The van der Waals surface area contributed by atoms with Crippen LogP contribution in [0.1, 0.15) is 99.3 Å². The van der Waals surface area contributed by atoms with Gasteiger partial charge >= 0.3 is 0 Å². The van der Waals surface area contributed by atoms with E-state index < -0.39 is 0 Å². The molecule has 0 heterocycles. The molecule has 0 aromatic heterocycles. The van der Waals surface area contributed by atoms with E-state index in [4.69, 9.17) is 0 Å². The van der Waals surface area contributed by atoms with Crippen LogP contribution < -0.4 is 0 Å². The van der Waals surface area contributed by atoms with Gasteiger partial charge in [-0.05, 0) is 110 Å². The Hall–Kier alpha value is -0.560. The third-order valence-corrected chi connectivity index (χ3v) is 10.7. The fourth-order valence-electron chi connectivity index (χ4n) is 8.68. The van der Waals surface area contributed by atoms with Crippen molar-refractivity contribution >= 4 is 0 Å². The van der Waals surface area contributed by atoms with Crippen LogP contribution in [0.5, 0.6) is 0 Å². The van der Waals surface area contributed by atoms with Crippen LogP contribution in [-0.4, -0.2) is 11.2 Å². The van der Waals surface area contributed by atoms with Gasteiger partial charge in [-0.3, -0.25) is 0 Å². The minimum Gasteiger partial charge on any atom is -0.393 e. The van der Waals surface area contributed by atoms with Crippen molar-refractivity contribution in [2.75, 3.05) is 0 Å². The van der Waals surface area contributed by atoms with E-state index in [1.54, 1.807) is 0 Å². The normalized spacial score (nSPS) is 45.6. The van der Waals surface area contributed by atoms with Crippen LogP contribution in [0.25, 0.3) is 0 Å². The first-order valence-electron chi connectivity index (χ1n) is 13.3. The highest BCUT2D eigenvalue weighted by atomic mass is 16.3. The zero-order chi connectivity index (χ0) is 21.7. The van der Waals surface area contributed by atoms with Crippen molar-refractivity contribution in [1.29, 1.82) is 0 Å². The van der Waals surface area contributed by atoms with Crippen LogP contribution in [0.2, 0.25) is 0 Å². The molecule has 0 spiro atoms. The lowest BCUT2D eigenvalue weighted by atomic mass is 9.47. The van der Waals surface area contributed by atoms with Gasteiger partial charge in [-0.15, -0.1) is 0 Å². The minimum absolute atomic E-state index is 0.0480. The van der Waals surface area contributed by atoms with Gasteiger partial charge < -0.3 is 5.11 Å². The van der Waals surface area contributed by atoms with Gasteiger partial charge in [0.05, 0.1) is 6.10 Å². The number of hydrogen-bond acceptors (Lipinski definition) is 1. The average molecular weight is 413 g/mol. The van der Waals surface area contributed by atoms with E-state index in [-0.39, 0.29) is 6.10 Å². The van der Waals surface area contributed by atoms with Crippen molar-refractivity contribution < 1.29 is 5.11 Å². The fraction of sp³-hybridized carbons (Fsp3) is 0.862. The van der Waals surface area contributed by atoms with Crippen LogP contribution in [-0.2, 0) is 0 Å². The molecule has 170 valence electrons. The summed E-state index contributed by atoms with van der Waals surface area (Å²) in [5.41, 5.74) is 2.79. The molecule has 4 rings (SSSR count). The maximum absolute atomic E-state index is 10.3. The summed E-state index contributed by atoms with van der Waals surface area (Å²) in [7, 11) is 0. The first kappa shape index (κ1) is 22.6. The Labute approximate surface area is 186 Å². The van der Waals surface area contributed by atoms with Gasteiger partial charge in [0, 0.05) is 0 Å². The third-order valence-electron chi connectivity index (χ3n) is 10.7. The van der Waals surface area contributed by atoms with Crippen LogP contribution >= 0.6 is 0 Å². The summed E-state index contributed by atoms with van der Waals surface area (Å²) in [5.74, 6) is 5.32. The van der Waals surface area contributed by atoms with Crippen molar-refractivity contribution in [3.8, 4) is 0 Å². The Kier molecular flexibility index (Phi) is 6.35. The molecule has 9 atom stereocenters. The summed E-state index contributed by atoms with van der Waals surface area (Å²) in [6.07, 6.45) is 19.2. The molecule has 4 aliphatic rings. The molecule has 1 heteroatoms. The third kappa shape index (κ3) is 3.66. The molecule has 0 saturated heterocycles. The monoisotopic (exact) mass is 412 g/mol. The lowest BCUT2D eigenvalue weighted by Crippen LogP contribution is -2.49. The highest BCUT2D eigenvalue weighted by molar-refractivity contribution is 5.28. The Bertz CT molecular complexity index is 674. The molecule has 30 heavy (non-hydrogen) atoms. The average Bonchev–Trinajstić information content (AvgIpc) is 3.06. The molecule has 1 N–H and O–H groups in total. The predicted octanol–water partition coefficient (Wildman–Crippen LogP) is 7.80. The van der Waals surface area contributed by atoms with Gasteiger partial charge in [-0.1, -0.05) is 65.3 Å². The van der Waals surface area contributed by atoms with E-state index in [0.29, 0.717) is 22.7 Å². The zero-order valence-corrected chi connectivity index (χ0v) is 20.7. The van der Waals surface area contributed by atoms with Crippen LogP contribution in [0, 0.1) is 52.3 Å². The second-order valence-corrected chi connectivity index (χ2v) is 12.5. The lowest BCUT2D eigenvalue weighted by Gasteiger charge is -2.57. The van der Waals surface area contributed by atoms with Gasteiger partial charge in [0.2, 0.25) is 0 Å². The highest BCUT2D eigenvalue weighted by Crippen LogP contribution is 2.66. The van der Waals surface area contributed by atoms with Crippen LogP contribution in [0.3, 0.4) is 0 Å². The first-order valence-corrected chi connectivity index (χ1v) is 13.3. The number of allylic oxidation sites excluding steroid dienone is 4. The molecule has 0 bridgehead atoms. The summed E-state index contributed by atoms with van der Waals surface area (Å²) in [6.45, 7) is 14.8. The number of hydrogen-bond donors (Lipinski definition) is 1. The first-order chi connectivity index (χ1) is 14.2. The number of aliphatic hydroxyl groups is 1. The lowest BCUT2D eigenvalue weighted by molar-refractivity contribution is -0.0414. The molecule has 0 amide bonds. The van der Waals surface area contributed by atoms with Crippen molar-refractivity contribution in [2.24, 2.45) is 52.3 Å². The van der Waals surface area contributed by atoms with Gasteiger partial charge in [0.25, 0.3) is 0 Å². The van der Waals surface area contributed by atoms with E-state index in [2.05, 4.69) is 59.8 Å². The molecule has 0 aromatic carbocycles. The molecular formula is C29H48O. The molecule has 3 saturated carbocycles. The largest absolute Gasteiger partial charge is 0.393 e. The van der Waals surface area contributed by atoms with Crippen LogP contribution in [0.15, 0.2) is 23.8 Å². The Morgan fingerprint density at radius 2 is 1.70 bits per heavy atom. The molecule has 4 aliphatic carbocycles. The summed E-state index contributed by atoms with van der Waals surface area (Å²) in [5, 5.41) is 10.3. The zero-order valence-electron chi connectivity index (χ0n) is 20.7. The fourth-order valence-corrected chi connectivity index (χ4v) is 8.68. The van der Waals surface area contributed by atoms with E-state index in [0.717, 1.165) is 42.4 Å². The highest BCUT2D eigenvalue weighted by Gasteiger charge is 2.57. The maximum Gasteiger partial charge on any atom is 0.0543 e. The topological polar surface area (TPSA) is 20.2 Å². The number of rotatable bonds is 5. The van der Waals surface area contributed by atoms with Gasteiger partial charge in [0.1, 0.15) is 0 Å². The van der Waals surface area contributed by atoms with Crippen molar-refractivity contribution in [1.82, 2.24) is 0 Å². The SMILES string of the molecule is CC[C@H](C=C[C@@H](C)[C@H]1CC[C@H]2C3=CCC4CC(O)CC[C@]4(C)[C@H]3CC[C@]12C)C(C)C. The quantitative estimate of drug-likeness (QED) is 0.457. The minimum atomic E-state index is -0.0480. The second kappa shape index (κ2) is 8.42. The molecule has 1 nitrogen and oxygen atoms in total. The second-order valence-electron chi connectivity index (χ2n) is 12.5. The standard InChI is InChI=1S/C29H48O/c1-7-21(19(2)3)9-8-20(4)25-12-13-26-24-11-10-22-18-23(30)14-16-28(22,5)27(24)15-17-29(25,26)6/h8-9,11,19-23,25-27,30H,7,10,12-18H2,1-6H3/t20-,21-,22?,23?,25-,26+,27+,28+,29-/m1/s1. The molecule has 0 aliphatic heterocycles. The van der Waals surface area contributed by atoms with E-state index >= 15 is 0 Å². The van der Waals surface area contributed by atoms with E-state index in [1.807, 2.05) is 5.57 Å². The van der Waals surface area contributed by atoms with Gasteiger partial charge in [-0.25, -0.2) is 0 Å². The predicted molar refractivity (Wildman–Crippen MR) is 128 cm³/mol. The Balaban J connectivity index is 1.53. The maximum atomic E-state index is 10.3. The summed E-state index contributed by atoms with van der Waals surface area (Å²) >= 11 is 0. The summed E-state index contributed by atoms with van der Waals surface area (Å²) in [6, 6.07) is 0. The van der Waals surface area contributed by atoms with Crippen molar-refractivity contribution in [3.63, 3.8) is 0 Å². The Morgan fingerprint density at radius 3 is 2.40 bits per heavy atom. The molecule has 0 aromatic rings. The number of fused-ring (bicyclic) bond motifs is 5. The molecular weight excluding hydrogens is 364 g/mol. The van der Waals surface area contributed by atoms with Gasteiger partial charge in [-0.2, -0.15) is 0 Å². The Morgan fingerprint density at radius 1 is 1.00 bits per heavy atom. The molecule has 2 unspecified atom stereocenters.